The van der Waals surface area contributed by atoms with Gasteiger partial charge in [-0.2, -0.15) is 0 Å². The molecule has 1 aromatic heterocycles. The van der Waals surface area contributed by atoms with Crippen molar-refractivity contribution in [2.45, 2.75) is 53.2 Å². The number of aromatic amines is 2. The van der Waals surface area contributed by atoms with Crippen LogP contribution in [0.4, 0.5) is 11.4 Å². The van der Waals surface area contributed by atoms with Gasteiger partial charge in [-0.15, -0.1) is 0 Å². The van der Waals surface area contributed by atoms with Crippen molar-refractivity contribution in [3.8, 4) is 0 Å². The average molecular weight is 594 g/mol. The molecule has 38 heavy (non-hydrogen) atoms. The van der Waals surface area contributed by atoms with Crippen LogP contribution in [0, 0.1) is 13.8 Å². The maximum atomic E-state index is 12.1. The first-order valence-electron chi connectivity index (χ1n) is 12.7. The van der Waals surface area contributed by atoms with Gasteiger partial charge in [0.1, 0.15) is 0 Å². The Hall–Kier alpha value is -3.05. The van der Waals surface area contributed by atoms with E-state index in [1.165, 1.54) is 20.1 Å². The molecule has 2 heterocycles. The van der Waals surface area contributed by atoms with Gasteiger partial charge in [0.05, 0.1) is 18.3 Å². The Balaban J connectivity index is 0.000000192. The second kappa shape index (κ2) is 12.7. The molecule has 8 heteroatoms. The Morgan fingerprint density at radius 2 is 1.47 bits per heavy atom. The van der Waals surface area contributed by atoms with E-state index >= 15 is 0 Å². The van der Waals surface area contributed by atoms with E-state index in [-0.39, 0.29) is 18.3 Å². The molecule has 0 spiro atoms. The first-order valence-corrected chi connectivity index (χ1v) is 17.0. The van der Waals surface area contributed by atoms with Gasteiger partial charge in [-0.25, -0.2) is 4.79 Å². The van der Waals surface area contributed by atoms with Gasteiger partial charge in [0, 0.05) is 12.1 Å². The summed E-state index contributed by atoms with van der Waals surface area (Å²) in [6.45, 7) is 8.25. The second-order valence-corrected chi connectivity index (χ2v) is 14.5. The third kappa shape index (κ3) is 6.87. The molecule has 0 saturated heterocycles. The fourth-order valence-electron chi connectivity index (χ4n) is 4.36. The molecule has 1 aliphatic heterocycles. The molecule has 0 bridgehead atoms. The van der Waals surface area contributed by atoms with Gasteiger partial charge in [0.15, 0.2) is 0 Å². The zero-order chi connectivity index (χ0) is 27.2. The molecular weight excluding hydrogens is 561 g/mol. The van der Waals surface area contributed by atoms with E-state index in [9.17, 15) is 9.59 Å². The summed E-state index contributed by atoms with van der Waals surface area (Å²) < 4.78 is 8.27. The number of benzene rings is 3. The summed E-state index contributed by atoms with van der Waals surface area (Å²) in [7, 11) is 6.58. The Bertz CT molecular complexity index is 1470. The van der Waals surface area contributed by atoms with Crippen LogP contribution in [0.2, 0.25) is 0 Å². The quantitative estimate of drug-likeness (QED) is 0.284. The number of hydrogen-bond donors (Lipinski definition) is 3. The van der Waals surface area contributed by atoms with Crippen LogP contribution in [0.3, 0.4) is 0 Å². The van der Waals surface area contributed by atoms with E-state index < -0.39 is 19.4 Å². The van der Waals surface area contributed by atoms with Gasteiger partial charge in [-0.05, 0) is 32.8 Å². The molecule has 3 N–H and O–H groups in total. The summed E-state index contributed by atoms with van der Waals surface area (Å²) >= 11 is -1.55. The fourth-order valence-corrected chi connectivity index (χ4v) is 8.78. The number of ether oxygens (including phenoxy) is 1. The number of aryl methyl sites for hydroxylation is 2. The monoisotopic (exact) mass is 593 g/mol. The maximum absolute atomic E-state index is 12.1. The van der Waals surface area contributed by atoms with Gasteiger partial charge < -0.3 is 9.72 Å². The number of hydrogen-bond acceptors (Lipinski definition) is 4. The predicted molar refractivity (Wildman–Crippen MR) is 158 cm³/mol. The molecule has 0 fully saturated rings. The third-order valence-electron chi connectivity index (χ3n) is 6.38. The number of halogens is 1. The topological polar surface area (TPSA) is 87.0 Å². The molecule has 198 valence electrons. The molecule has 3 aromatic carbocycles. The molecule has 5 rings (SSSR count). The normalized spacial score (nSPS) is 13.0. The number of anilines is 2. The number of aromatic nitrogens is 2. The molecule has 0 radical (unpaired) electrons. The van der Waals surface area contributed by atoms with E-state index in [2.05, 4.69) is 69.9 Å². The van der Waals surface area contributed by atoms with Crippen LogP contribution < -0.4 is 25.3 Å². The van der Waals surface area contributed by atoms with Gasteiger partial charge >= 0.3 is 103 Å². The van der Waals surface area contributed by atoms with Crippen molar-refractivity contribution in [1.82, 2.24) is 9.97 Å². The Morgan fingerprint density at radius 1 is 0.895 bits per heavy atom. The van der Waals surface area contributed by atoms with Crippen LogP contribution in [0.1, 0.15) is 48.2 Å². The van der Waals surface area contributed by atoms with Crippen molar-refractivity contribution in [1.29, 1.82) is 0 Å². The molecule has 0 aliphatic carbocycles. The van der Waals surface area contributed by atoms with E-state index in [0.29, 0.717) is 17.7 Å². The predicted octanol–water partition coefficient (Wildman–Crippen LogP) is 4.67. The van der Waals surface area contributed by atoms with Crippen LogP contribution in [0.15, 0.2) is 76.3 Å². The molecule has 6 nitrogen and oxygen atoms in total. The molecule has 1 atom stereocenters. The van der Waals surface area contributed by atoms with E-state index in [1.807, 2.05) is 39.8 Å². The summed E-state index contributed by atoms with van der Waals surface area (Å²) in [5, 5.41) is 3.42. The minimum atomic E-state index is -1.55. The molecule has 1 unspecified atom stereocenters. The zero-order valence-corrected chi connectivity index (χ0v) is 24.7. The SMILES string of the molecule is CCC(C)OCc1c(Cc2cc(C)cc(C)c2)[nH]c(=O)[nH]c1=O.Cl[As]1c2ccccc2Nc2ccccc21. The molecule has 4 aromatic rings. The van der Waals surface area contributed by atoms with Gasteiger partial charge in [0.2, 0.25) is 0 Å². The van der Waals surface area contributed by atoms with Crippen LogP contribution in [-0.4, -0.2) is 29.8 Å². The molecule has 0 saturated carbocycles. The second-order valence-electron chi connectivity index (χ2n) is 9.51. The van der Waals surface area contributed by atoms with Crippen LogP contribution in [-0.2, 0) is 17.8 Å². The Morgan fingerprint density at radius 3 is 2.05 bits per heavy atom. The van der Waals surface area contributed by atoms with Crippen molar-refractivity contribution in [2.24, 2.45) is 0 Å². The molecule has 1 aliphatic rings. The third-order valence-corrected chi connectivity index (χ3v) is 11.7. The summed E-state index contributed by atoms with van der Waals surface area (Å²) in [5.41, 5.74) is 5.97. The van der Waals surface area contributed by atoms with Crippen LogP contribution >= 0.6 is 9.95 Å². The van der Waals surface area contributed by atoms with Crippen molar-refractivity contribution < 1.29 is 4.74 Å². The Kier molecular flexibility index (Phi) is 9.32. The van der Waals surface area contributed by atoms with E-state index in [0.717, 1.165) is 23.1 Å². The average Bonchev–Trinajstić information content (AvgIpc) is 2.88. The van der Waals surface area contributed by atoms with Crippen LogP contribution in [0.25, 0.3) is 0 Å². The summed E-state index contributed by atoms with van der Waals surface area (Å²) in [5.74, 6) is 0. The summed E-state index contributed by atoms with van der Waals surface area (Å²) in [6, 6.07) is 22.9. The van der Waals surface area contributed by atoms with E-state index in [4.69, 9.17) is 14.7 Å². The number of H-pyrrole nitrogens is 2. The fraction of sp³-hybridized carbons (Fsp3) is 0.267. The van der Waals surface area contributed by atoms with Gasteiger partial charge in [-0.3, -0.25) is 9.78 Å². The number of fused-ring (bicyclic) bond motifs is 2. The first-order chi connectivity index (χ1) is 18.2. The van der Waals surface area contributed by atoms with Crippen molar-refractivity contribution >= 4 is 43.7 Å². The van der Waals surface area contributed by atoms with Crippen molar-refractivity contribution in [2.75, 3.05) is 5.32 Å². The molecule has 0 amide bonds. The number of nitrogens with one attached hydrogen (secondary N) is 3. The zero-order valence-electron chi connectivity index (χ0n) is 22.1. The minimum absolute atomic E-state index is 0.0652. The van der Waals surface area contributed by atoms with Crippen molar-refractivity contribution in [3.63, 3.8) is 0 Å². The Labute approximate surface area is 231 Å². The van der Waals surface area contributed by atoms with Gasteiger partial charge in [-0.1, -0.05) is 36.2 Å². The van der Waals surface area contributed by atoms with E-state index in [1.54, 1.807) is 0 Å². The van der Waals surface area contributed by atoms with Crippen molar-refractivity contribution in [3.05, 3.63) is 116 Å². The number of para-hydroxylation sites is 2. The van der Waals surface area contributed by atoms with Gasteiger partial charge in [0.25, 0.3) is 5.56 Å². The number of rotatable bonds is 6. The standard InChI is InChI=1S/C18H24N2O3.C12H9AsClN/c1-5-13(4)23-10-15-16(19-18(22)20-17(15)21)9-14-7-11(2)6-12(3)8-14;14-13-9-5-1-3-7-11(9)15-12-8-4-2-6-10(12)13/h6-8,13H,5,9-10H2,1-4H3,(H2,19,20,21,22);1-8,15H. The summed E-state index contributed by atoms with van der Waals surface area (Å²) in [4.78, 5) is 28.8. The van der Waals surface area contributed by atoms with Crippen LogP contribution in [0.5, 0.6) is 0 Å². The summed E-state index contributed by atoms with van der Waals surface area (Å²) in [6.07, 6.45) is 1.43. The first kappa shape index (κ1) is 28.0. The molecular formula is C30H33AsClN3O3.